The maximum absolute atomic E-state index is 13.6. The molecule has 0 bridgehead atoms. The number of ether oxygens (including phenoxy) is 1. The summed E-state index contributed by atoms with van der Waals surface area (Å²) in [5.74, 6) is 0.440. The average molecular weight is 386 g/mol. The minimum Gasteiger partial charge on any atom is -0.497 e. The van der Waals surface area contributed by atoms with Crippen molar-refractivity contribution in [1.29, 1.82) is 0 Å². The van der Waals surface area contributed by atoms with Crippen LogP contribution in [0.2, 0.25) is 0 Å². The van der Waals surface area contributed by atoms with E-state index in [2.05, 4.69) is 0 Å². The van der Waals surface area contributed by atoms with Crippen LogP contribution in [0.4, 0.5) is 11.4 Å². The number of hydrogen-bond donors (Lipinski definition) is 0. The monoisotopic (exact) mass is 386 g/mol. The average Bonchev–Trinajstić information content (AvgIpc) is 2.76. The summed E-state index contributed by atoms with van der Waals surface area (Å²) in [6.45, 7) is 1.94. The molecule has 146 valence electrons. The van der Waals surface area contributed by atoms with Crippen LogP contribution in [0.1, 0.15) is 17.2 Å². The van der Waals surface area contributed by atoms with Crippen molar-refractivity contribution >= 4 is 23.2 Å². The molecule has 1 fully saturated rings. The van der Waals surface area contributed by atoms with Crippen molar-refractivity contribution in [1.82, 2.24) is 0 Å². The number of carbonyl (C=O) groups excluding carboxylic acids is 2. The predicted molar refractivity (Wildman–Crippen MR) is 113 cm³/mol. The molecule has 3 aromatic carbocycles. The Morgan fingerprint density at radius 3 is 2.17 bits per heavy atom. The second kappa shape index (κ2) is 7.80. The summed E-state index contributed by atoms with van der Waals surface area (Å²) in [6, 6.07) is 23.5. The number of hydrogen-bond acceptors (Lipinski definition) is 3. The largest absolute Gasteiger partial charge is 0.497 e. The molecule has 1 aliphatic heterocycles. The van der Waals surface area contributed by atoms with E-state index in [0.29, 0.717) is 11.4 Å². The minimum atomic E-state index is -0.731. The van der Waals surface area contributed by atoms with E-state index in [0.717, 1.165) is 16.8 Å². The van der Waals surface area contributed by atoms with Gasteiger partial charge in [-0.15, -0.1) is 0 Å². The fraction of sp³-hybridized carbons (Fsp3) is 0.167. The first-order chi connectivity index (χ1) is 14.1. The van der Waals surface area contributed by atoms with Crippen LogP contribution in [0, 0.1) is 6.92 Å². The predicted octanol–water partition coefficient (Wildman–Crippen LogP) is 4.12. The summed E-state index contributed by atoms with van der Waals surface area (Å²) in [5, 5.41) is 0. The fourth-order valence-electron chi connectivity index (χ4n) is 3.72. The maximum atomic E-state index is 13.6. The number of para-hydroxylation sites is 1. The van der Waals surface area contributed by atoms with Crippen LogP contribution in [0.5, 0.6) is 5.75 Å². The fourth-order valence-corrected chi connectivity index (χ4v) is 3.72. The van der Waals surface area contributed by atoms with Gasteiger partial charge in [-0.25, -0.2) is 0 Å². The number of benzene rings is 3. The molecule has 0 saturated carbocycles. The molecule has 0 radical (unpaired) electrons. The van der Waals surface area contributed by atoms with Gasteiger partial charge in [0.05, 0.1) is 7.11 Å². The highest BCUT2D eigenvalue weighted by molar-refractivity contribution is 6.14. The van der Waals surface area contributed by atoms with Crippen LogP contribution in [0.15, 0.2) is 78.9 Å². The first kappa shape index (κ1) is 18.7. The highest BCUT2D eigenvalue weighted by atomic mass is 16.5. The Bertz CT molecular complexity index is 1030. The van der Waals surface area contributed by atoms with Gasteiger partial charge in [0.25, 0.3) is 5.91 Å². The molecule has 3 aromatic rings. The maximum Gasteiger partial charge on any atom is 0.255 e. The van der Waals surface area contributed by atoms with Crippen LogP contribution in [-0.2, 0) is 9.59 Å². The standard InChI is InChI=1S/C24H22N2O3/c1-17-8-6-7-11-21(17)25-16-22(27)26(19-12-14-20(29-2)15-13-19)23(24(25)28)18-9-4-3-5-10-18/h3-15,23H,16H2,1-2H3. The van der Waals surface area contributed by atoms with Crippen molar-refractivity contribution < 1.29 is 14.3 Å². The molecule has 1 saturated heterocycles. The van der Waals surface area contributed by atoms with Crippen molar-refractivity contribution in [2.45, 2.75) is 13.0 Å². The third-order valence-corrected chi connectivity index (χ3v) is 5.19. The van der Waals surface area contributed by atoms with E-state index in [1.54, 1.807) is 29.0 Å². The normalized spacial score (nSPS) is 16.8. The number of amides is 2. The quantitative estimate of drug-likeness (QED) is 0.678. The van der Waals surface area contributed by atoms with Crippen molar-refractivity contribution in [3.63, 3.8) is 0 Å². The highest BCUT2D eigenvalue weighted by Gasteiger charge is 2.42. The van der Waals surface area contributed by atoms with E-state index >= 15 is 0 Å². The van der Waals surface area contributed by atoms with Gasteiger partial charge in [-0.3, -0.25) is 14.5 Å². The molecule has 2 amide bonds. The molecule has 1 atom stereocenters. The highest BCUT2D eigenvalue weighted by Crippen LogP contribution is 2.35. The number of rotatable bonds is 4. The van der Waals surface area contributed by atoms with Crippen LogP contribution < -0.4 is 14.5 Å². The Morgan fingerprint density at radius 2 is 1.52 bits per heavy atom. The molecule has 5 heteroatoms. The van der Waals surface area contributed by atoms with E-state index in [9.17, 15) is 9.59 Å². The number of anilines is 2. The van der Waals surface area contributed by atoms with E-state index in [1.165, 1.54) is 0 Å². The zero-order valence-electron chi connectivity index (χ0n) is 16.4. The molecule has 1 aliphatic rings. The number of carbonyl (C=O) groups is 2. The topological polar surface area (TPSA) is 49.9 Å². The first-order valence-corrected chi connectivity index (χ1v) is 9.48. The van der Waals surface area contributed by atoms with E-state index < -0.39 is 6.04 Å². The summed E-state index contributed by atoms with van der Waals surface area (Å²) in [4.78, 5) is 30.1. The lowest BCUT2D eigenvalue weighted by Crippen LogP contribution is -2.56. The van der Waals surface area contributed by atoms with Crippen molar-refractivity contribution in [3.05, 3.63) is 90.0 Å². The van der Waals surface area contributed by atoms with Gasteiger partial charge in [0.2, 0.25) is 5.91 Å². The zero-order valence-corrected chi connectivity index (χ0v) is 16.4. The summed E-state index contributed by atoms with van der Waals surface area (Å²) in [6.07, 6.45) is 0. The van der Waals surface area contributed by atoms with Gasteiger partial charge in [0.1, 0.15) is 18.3 Å². The number of methoxy groups -OCH3 is 1. The van der Waals surface area contributed by atoms with Crippen LogP contribution >= 0.6 is 0 Å². The van der Waals surface area contributed by atoms with Crippen molar-refractivity contribution in [3.8, 4) is 5.75 Å². The number of piperazine rings is 1. The van der Waals surface area contributed by atoms with Gasteiger partial charge >= 0.3 is 0 Å². The first-order valence-electron chi connectivity index (χ1n) is 9.48. The summed E-state index contributed by atoms with van der Waals surface area (Å²) < 4.78 is 5.23. The van der Waals surface area contributed by atoms with Gasteiger partial charge in [-0.05, 0) is 48.4 Å². The summed E-state index contributed by atoms with van der Waals surface area (Å²) >= 11 is 0. The molecular weight excluding hydrogens is 364 g/mol. The Kier molecular flexibility index (Phi) is 5.04. The van der Waals surface area contributed by atoms with Crippen LogP contribution in [0.25, 0.3) is 0 Å². The summed E-state index contributed by atoms with van der Waals surface area (Å²) in [5.41, 5.74) is 3.17. The molecule has 0 aromatic heterocycles. The Hall–Kier alpha value is -3.60. The Labute approximate surface area is 170 Å². The van der Waals surface area contributed by atoms with E-state index in [-0.39, 0.29) is 18.4 Å². The SMILES string of the molecule is COc1ccc(N2C(=O)CN(c3ccccc3C)C(=O)C2c2ccccc2)cc1. The van der Waals surface area contributed by atoms with Gasteiger partial charge in [0.15, 0.2) is 0 Å². The number of nitrogens with zero attached hydrogens (tertiary/aromatic N) is 2. The van der Waals surface area contributed by atoms with Gasteiger partial charge < -0.3 is 9.64 Å². The minimum absolute atomic E-state index is 0.000943. The second-order valence-electron chi connectivity index (χ2n) is 6.99. The van der Waals surface area contributed by atoms with Gasteiger partial charge in [0, 0.05) is 11.4 Å². The molecule has 4 rings (SSSR count). The van der Waals surface area contributed by atoms with Crippen molar-refractivity contribution in [2.75, 3.05) is 23.5 Å². The Balaban J connectivity index is 1.80. The van der Waals surface area contributed by atoms with Crippen molar-refractivity contribution in [2.24, 2.45) is 0 Å². The third kappa shape index (κ3) is 3.47. The van der Waals surface area contributed by atoms with Gasteiger partial charge in [-0.2, -0.15) is 0 Å². The number of aryl methyl sites for hydroxylation is 1. The Morgan fingerprint density at radius 1 is 0.862 bits per heavy atom. The molecule has 29 heavy (non-hydrogen) atoms. The lowest BCUT2D eigenvalue weighted by molar-refractivity contribution is -0.128. The van der Waals surface area contributed by atoms with Crippen LogP contribution in [-0.4, -0.2) is 25.5 Å². The summed E-state index contributed by atoms with van der Waals surface area (Å²) in [7, 11) is 1.59. The van der Waals surface area contributed by atoms with Gasteiger partial charge in [-0.1, -0.05) is 48.5 Å². The molecule has 5 nitrogen and oxygen atoms in total. The molecule has 0 N–H and O–H groups in total. The molecular formula is C24H22N2O3. The third-order valence-electron chi connectivity index (χ3n) is 5.19. The van der Waals surface area contributed by atoms with E-state index in [1.807, 2.05) is 73.7 Å². The smallest absolute Gasteiger partial charge is 0.255 e. The van der Waals surface area contributed by atoms with E-state index in [4.69, 9.17) is 4.74 Å². The zero-order chi connectivity index (χ0) is 20.4. The second-order valence-corrected chi connectivity index (χ2v) is 6.99. The molecule has 0 aliphatic carbocycles. The van der Waals surface area contributed by atoms with Crippen LogP contribution in [0.3, 0.4) is 0 Å². The molecule has 1 unspecified atom stereocenters. The lowest BCUT2D eigenvalue weighted by atomic mass is 9.99. The molecule has 1 heterocycles. The molecule has 0 spiro atoms. The lowest BCUT2D eigenvalue weighted by Gasteiger charge is -2.41.